The van der Waals surface area contributed by atoms with Gasteiger partial charge in [-0.15, -0.1) is 0 Å². The van der Waals surface area contributed by atoms with E-state index in [0.29, 0.717) is 12.5 Å². The number of pyridine rings is 1. The summed E-state index contributed by atoms with van der Waals surface area (Å²) in [6.45, 7) is 5.53. The number of aromatic nitrogens is 3. The second kappa shape index (κ2) is 8.50. The van der Waals surface area contributed by atoms with Crippen LogP contribution in [0, 0.1) is 5.92 Å². The Bertz CT molecular complexity index is 710. The monoisotopic (exact) mass is 370 g/mol. The highest BCUT2D eigenvalue weighted by atomic mass is 16.5. The standard InChI is InChI=1S/C21H30N4O2/c1-24-15-19(14-23-24)16-25-9-6-21(7-10-25)20(5-12-27-21)4-11-26-17-18-3-2-8-22-13-18/h2-3,8,13-15,20H,4-7,9-12,16-17H2,1H3/t20-/m0/s1. The Morgan fingerprint density at radius 2 is 2.15 bits per heavy atom. The van der Waals surface area contributed by atoms with Crippen molar-refractivity contribution in [3.05, 3.63) is 48.0 Å². The lowest BCUT2D eigenvalue weighted by Crippen LogP contribution is -2.47. The number of likely N-dealkylation sites (tertiary alicyclic amines) is 1. The van der Waals surface area contributed by atoms with E-state index in [4.69, 9.17) is 9.47 Å². The van der Waals surface area contributed by atoms with Gasteiger partial charge in [0.1, 0.15) is 0 Å². The van der Waals surface area contributed by atoms with Crippen molar-refractivity contribution < 1.29 is 9.47 Å². The van der Waals surface area contributed by atoms with Crippen LogP contribution in [-0.2, 0) is 29.7 Å². The van der Waals surface area contributed by atoms with Gasteiger partial charge in [0.05, 0.1) is 18.4 Å². The van der Waals surface area contributed by atoms with Gasteiger partial charge in [-0.05, 0) is 43.2 Å². The number of ether oxygens (including phenoxy) is 2. The Balaban J connectivity index is 1.23. The van der Waals surface area contributed by atoms with Crippen molar-refractivity contribution in [1.29, 1.82) is 0 Å². The molecule has 0 amide bonds. The zero-order valence-electron chi connectivity index (χ0n) is 16.2. The number of hydrogen-bond acceptors (Lipinski definition) is 5. The van der Waals surface area contributed by atoms with Gasteiger partial charge in [0.15, 0.2) is 0 Å². The first-order chi connectivity index (χ1) is 13.2. The summed E-state index contributed by atoms with van der Waals surface area (Å²) in [6, 6.07) is 4.02. The molecule has 4 heterocycles. The molecular weight excluding hydrogens is 340 g/mol. The van der Waals surface area contributed by atoms with Crippen molar-refractivity contribution in [3.63, 3.8) is 0 Å². The average Bonchev–Trinajstić information content (AvgIpc) is 3.28. The lowest BCUT2D eigenvalue weighted by Gasteiger charge is -2.42. The summed E-state index contributed by atoms with van der Waals surface area (Å²) in [5.74, 6) is 0.618. The Hall–Kier alpha value is -1.76. The van der Waals surface area contributed by atoms with Crippen LogP contribution in [0.1, 0.15) is 36.8 Å². The molecule has 0 radical (unpaired) electrons. The third kappa shape index (κ3) is 4.57. The van der Waals surface area contributed by atoms with Crippen LogP contribution >= 0.6 is 0 Å². The number of nitrogens with zero attached hydrogens (tertiary/aromatic N) is 4. The molecule has 2 aromatic heterocycles. The van der Waals surface area contributed by atoms with Crippen molar-refractivity contribution in [2.24, 2.45) is 13.0 Å². The van der Waals surface area contributed by atoms with E-state index in [0.717, 1.165) is 57.7 Å². The fourth-order valence-corrected chi connectivity index (χ4v) is 4.55. The van der Waals surface area contributed by atoms with Crippen LogP contribution in [0.3, 0.4) is 0 Å². The molecule has 2 fully saturated rings. The molecule has 1 spiro atoms. The third-order valence-corrected chi connectivity index (χ3v) is 6.07. The van der Waals surface area contributed by atoms with Gasteiger partial charge in [0, 0.05) is 64.0 Å². The van der Waals surface area contributed by atoms with Gasteiger partial charge < -0.3 is 9.47 Å². The molecule has 6 nitrogen and oxygen atoms in total. The fourth-order valence-electron chi connectivity index (χ4n) is 4.55. The van der Waals surface area contributed by atoms with E-state index in [-0.39, 0.29) is 5.60 Å². The highest BCUT2D eigenvalue weighted by Crippen LogP contribution is 2.42. The molecule has 0 bridgehead atoms. The summed E-state index contributed by atoms with van der Waals surface area (Å²) in [7, 11) is 1.97. The molecule has 0 saturated carbocycles. The van der Waals surface area contributed by atoms with Crippen LogP contribution in [-0.4, -0.2) is 51.6 Å². The van der Waals surface area contributed by atoms with Crippen molar-refractivity contribution >= 4 is 0 Å². The van der Waals surface area contributed by atoms with Crippen LogP contribution in [0.15, 0.2) is 36.9 Å². The molecule has 0 unspecified atom stereocenters. The number of rotatable bonds is 7. The quantitative estimate of drug-likeness (QED) is 0.702. The van der Waals surface area contributed by atoms with Crippen LogP contribution < -0.4 is 0 Å². The van der Waals surface area contributed by atoms with Crippen LogP contribution in [0.4, 0.5) is 0 Å². The van der Waals surface area contributed by atoms with Crippen molar-refractivity contribution in [1.82, 2.24) is 19.7 Å². The zero-order valence-corrected chi connectivity index (χ0v) is 16.2. The minimum atomic E-state index is 0.0725. The average molecular weight is 370 g/mol. The Kier molecular flexibility index (Phi) is 5.86. The molecule has 2 aromatic rings. The summed E-state index contributed by atoms with van der Waals surface area (Å²) in [4.78, 5) is 6.67. The zero-order chi connectivity index (χ0) is 18.5. The lowest BCUT2D eigenvalue weighted by molar-refractivity contribution is -0.0733. The SMILES string of the molecule is Cn1cc(CN2CCC3(CC2)OCC[C@@H]3CCOCc2cccnc2)cn1. The van der Waals surface area contributed by atoms with Gasteiger partial charge in [-0.25, -0.2) is 0 Å². The van der Waals surface area contributed by atoms with Crippen molar-refractivity contribution in [3.8, 4) is 0 Å². The maximum atomic E-state index is 6.30. The van der Waals surface area contributed by atoms with E-state index in [2.05, 4.69) is 27.2 Å². The van der Waals surface area contributed by atoms with E-state index in [1.54, 1.807) is 6.20 Å². The van der Waals surface area contributed by atoms with Crippen molar-refractivity contribution in [2.45, 2.75) is 44.4 Å². The van der Waals surface area contributed by atoms with Gasteiger partial charge in [0.2, 0.25) is 0 Å². The van der Waals surface area contributed by atoms with Gasteiger partial charge in [0.25, 0.3) is 0 Å². The van der Waals surface area contributed by atoms with Gasteiger partial charge in [-0.2, -0.15) is 5.10 Å². The summed E-state index contributed by atoms with van der Waals surface area (Å²) in [6.07, 6.45) is 12.3. The van der Waals surface area contributed by atoms with Crippen molar-refractivity contribution in [2.75, 3.05) is 26.3 Å². The second-order valence-corrected chi connectivity index (χ2v) is 7.90. The minimum Gasteiger partial charge on any atom is -0.377 e. The summed E-state index contributed by atoms with van der Waals surface area (Å²) in [5.41, 5.74) is 2.50. The summed E-state index contributed by atoms with van der Waals surface area (Å²) < 4.78 is 14.1. The van der Waals surface area contributed by atoms with E-state index < -0.39 is 0 Å². The molecule has 0 N–H and O–H groups in total. The summed E-state index contributed by atoms with van der Waals surface area (Å²) >= 11 is 0. The van der Waals surface area contributed by atoms with Gasteiger partial charge in [-0.1, -0.05) is 6.07 Å². The maximum Gasteiger partial charge on any atom is 0.0736 e. The minimum absolute atomic E-state index is 0.0725. The normalized spacial score (nSPS) is 22.5. The molecule has 1 atom stereocenters. The van der Waals surface area contributed by atoms with Crippen LogP contribution in [0.25, 0.3) is 0 Å². The van der Waals surface area contributed by atoms with E-state index in [9.17, 15) is 0 Å². The van der Waals surface area contributed by atoms with E-state index in [1.165, 1.54) is 12.0 Å². The first-order valence-corrected chi connectivity index (χ1v) is 10.0. The Labute approximate surface area is 161 Å². The van der Waals surface area contributed by atoms with E-state index in [1.807, 2.05) is 30.2 Å². The topological polar surface area (TPSA) is 52.4 Å². The molecule has 27 heavy (non-hydrogen) atoms. The smallest absolute Gasteiger partial charge is 0.0736 e. The van der Waals surface area contributed by atoms with Crippen LogP contribution in [0.2, 0.25) is 0 Å². The summed E-state index contributed by atoms with van der Waals surface area (Å²) in [5, 5.41) is 4.28. The molecule has 0 aliphatic carbocycles. The third-order valence-electron chi connectivity index (χ3n) is 6.07. The molecule has 2 aliphatic rings. The number of piperidine rings is 1. The van der Waals surface area contributed by atoms with Gasteiger partial charge in [-0.3, -0.25) is 14.6 Å². The number of aryl methyl sites for hydroxylation is 1. The predicted octanol–water partition coefficient (Wildman–Crippen LogP) is 2.79. The first-order valence-electron chi connectivity index (χ1n) is 10.0. The van der Waals surface area contributed by atoms with Crippen LogP contribution in [0.5, 0.6) is 0 Å². The Morgan fingerprint density at radius 3 is 2.89 bits per heavy atom. The molecule has 6 heteroatoms. The predicted molar refractivity (Wildman–Crippen MR) is 103 cm³/mol. The lowest BCUT2D eigenvalue weighted by atomic mass is 9.78. The second-order valence-electron chi connectivity index (χ2n) is 7.90. The Morgan fingerprint density at radius 1 is 1.26 bits per heavy atom. The highest BCUT2D eigenvalue weighted by molar-refractivity contribution is 5.07. The molecule has 0 aromatic carbocycles. The first kappa shape index (κ1) is 18.6. The van der Waals surface area contributed by atoms with E-state index >= 15 is 0 Å². The molecule has 146 valence electrons. The molecule has 2 saturated heterocycles. The fraction of sp³-hybridized carbons (Fsp3) is 0.619. The molecule has 4 rings (SSSR count). The highest BCUT2D eigenvalue weighted by Gasteiger charge is 2.45. The largest absolute Gasteiger partial charge is 0.377 e. The maximum absolute atomic E-state index is 6.30. The van der Waals surface area contributed by atoms with Gasteiger partial charge >= 0.3 is 0 Å². The molecular formula is C21H30N4O2. The number of hydrogen-bond donors (Lipinski definition) is 0. The molecule has 2 aliphatic heterocycles.